The summed E-state index contributed by atoms with van der Waals surface area (Å²) in [7, 11) is 1.50. The van der Waals surface area contributed by atoms with E-state index < -0.39 is 11.4 Å². The number of pyridine rings is 1. The van der Waals surface area contributed by atoms with E-state index in [0.29, 0.717) is 27.0 Å². The van der Waals surface area contributed by atoms with Crippen LogP contribution in [0, 0.1) is 13.8 Å². The van der Waals surface area contributed by atoms with Gasteiger partial charge < -0.3 is 5.73 Å². The van der Waals surface area contributed by atoms with Crippen molar-refractivity contribution in [3.05, 3.63) is 62.1 Å². The summed E-state index contributed by atoms with van der Waals surface area (Å²) in [4.78, 5) is 42.8. The molecule has 3 heterocycles. The molecule has 8 nitrogen and oxygen atoms in total. The molecule has 9 heteroatoms. The van der Waals surface area contributed by atoms with Crippen LogP contribution in [0.2, 0.25) is 0 Å². The Labute approximate surface area is 174 Å². The van der Waals surface area contributed by atoms with Gasteiger partial charge in [0.25, 0.3) is 5.78 Å². The molecule has 0 saturated carbocycles. The molecule has 0 bridgehead atoms. The Bertz CT molecular complexity index is 1410. The van der Waals surface area contributed by atoms with Gasteiger partial charge in [-0.05, 0) is 31.6 Å². The summed E-state index contributed by atoms with van der Waals surface area (Å²) in [6, 6.07) is 7.71. The van der Waals surface area contributed by atoms with E-state index in [1.165, 1.54) is 18.7 Å². The predicted octanol–water partition coefficient (Wildman–Crippen LogP) is 2.70. The molecular weight excluding hydrogens is 404 g/mol. The number of H-pyrrole nitrogens is 1. The zero-order valence-electron chi connectivity index (χ0n) is 16.8. The molecule has 0 amide bonds. The number of aryl methyl sites for hydroxylation is 3. The van der Waals surface area contributed by atoms with E-state index >= 15 is 0 Å². The lowest BCUT2D eigenvalue weighted by atomic mass is 9.92. The third-order valence-corrected chi connectivity index (χ3v) is 6.04. The highest BCUT2D eigenvalue weighted by Crippen LogP contribution is 2.42. The highest BCUT2D eigenvalue weighted by molar-refractivity contribution is 7.21. The number of Topliss-reactive ketones (excluding diaryl/α,β-unsaturated/α-hetero) is 1. The number of carbonyl (C=O) groups is 2. The van der Waals surface area contributed by atoms with Crippen LogP contribution in [0.4, 0.5) is 5.69 Å². The van der Waals surface area contributed by atoms with Crippen molar-refractivity contribution in [2.75, 3.05) is 5.73 Å². The molecule has 3 aromatic heterocycles. The Kier molecular flexibility index (Phi) is 4.62. The van der Waals surface area contributed by atoms with E-state index in [2.05, 4.69) is 10.3 Å². The zero-order chi connectivity index (χ0) is 21.7. The predicted molar refractivity (Wildman–Crippen MR) is 113 cm³/mol. The number of nitrogens with one attached hydrogen (secondary N) is 1. The highest BCUT2D eigenvalue weighted by Gasteiger charge is 2.33. The van der Waals surface area contributed by atoms with Crippen molar-refractivity contribution in [1.82, 2.24) is 10.3 Å². The lowest BCUT2D eigenvalue weighted by molar-refractivity contribution is -0.741. The van der Waals surface area contributed by atoms with Crippen LogP contribution in [0.25, 0.3) is 21.3 Å². The van der Waals surface area contributed by atoms with Crippen molar-refractivity contribution >= 4 is 38.8 Å². The van der Waals surface area contributed by atoms with E-state index in [9.17, 15) is 14.4 Å². The minimum atomic E-state index is -0.785. The molecular formula is C21H19N4O4S+. The number of benzene rings is 1. The van der Waals surface area contributed by atoms with Crippen LogP contribution in [0.3, 0.4) is 0 Å². The largest absolute Gasteiger partial charge is 0.438 e. The van der Waals surface area contributed by atoms with Gasteiger partial charge in [-0.1, -0.05) is 34.5 Å². The molecule has 0 aliphatic heterocycles. The van der Waals surface area contributed by atoms with Gasteiger partial charge >= 0.3 is 11.3 Å². The summed E-state index contributed by atoms with van der Waals surface area (Å²) < 4.78 is 5.90. The summed E-state index contributed by atoms with van der Waals surface area (Å²) in [5.74, 6) is -0.709. The molecule has 0 aliphatic carbocycles. The SMILES string of the molecule is CC(=O)c1c(C)nc2sc(C(=O)c3c(=O)o[nH][n+]3C)c(N)c2c1-c1cccc(C)c1. The third-order valence-electron chi connectivity index (χ3n) is 4.94. The summed E-state index contributed by atoms with van der Waals surface area (Å²) in [6.07, 6.45) is 0. The van der Waals surface area contributed by atoms with Gasteiger partial charge in [0.05, 0.1) is 11.4 Å². The van der Waals surface area contributed by atoms with Gasteiger partial charge in [-0.25, -0.2) is 9.78 Å². The number of nitrogens with zero attached hydrogens (tertiary/aromatic N) is 2. The number of anilines is 1. The lowest BCUT2D eigenvalue weighted by Crippen LogP contribution is -2.39. The van der Waals surface area contributed by atoms with Crippen molar-refractivity contribution in [3.8, 4) is 11.1 Å². The van der Waals surface area contributed by atoms with E-state index in [0.717, 1.165) is 22.5 Å². The average molecular weight is 423 g/mol. The summed E-state index contributed by atoms with van der Waals surface area (Å²) in [5.41, 5.74) is 9.15. The first-order valence-electron chi connectivity index (χ1n) is 9.13. The van der Waals surface area contributed by atoms with E-state index in [-0.39, 0.29) is 22.0 Å². The summed E-state index contributed by atoms with van der Waals surface area (Å²) in [5, 5.41) is 2.86. The molecule has 1 aromatic carbocycles. The maximum Gasteiger partial charge on any atom is 0.438 e. The van der Waals surface area contributed by atoms with Crippen molar-refractivity contribution in [2.45, 2.75) is 20.8 Å². The first kappa shape index (κ1) is 19.7. The minimum absolute atomic E-state index is 0.144. The number of hydrogen-bond acceptors (Lipinski definition) is 7. The van der Waals surface area contributed by atoms with Crippen molar-refractivity contribution < 1.29 is 18.8 Å². The van der Waals surface area contributed by atoms with Gasteiger partial charge in [0.2, 0.25) is 0 Å². The molecule has 0 spiro atoms. The molecule has 152 valence electrons. The Morgan fingerprint density at radius 2 is 2.00 bits per heavy atom. The van der Waals surface area contributed by atoms with Gasteiger partial charge in [0.1, 0.15) is 9.71 Å². The zero-order valence-corrected chi connectivity index (χ0v) is 17.6. The van der Waals surface area contributed by atoms with Crippen LogP contribution in [0.5, 0.6) is 0 Å². The second-order valence-electron chi connectivity index (χ2n) is 7.12. The lowest BCUT2D eigenvalue weighted by Gasteiger charge is -2.13. The van der Waals surface area contributed by atoms with Crippen LogP contribution in [-0.4, -0.2) is 21.8 Å². The van der Waals surface area contributed by atoms with Crippen LogP contribution in [0.1, 0.15) is 43.9 Å². The van der Waals surface area contributed by atoms with E-state index in [4.69, 9.17) is 10.3 Å². The molecule has 3 N–H and O–H groups in total. The maximum absolute atomic E-state index is 13.1. The molecule has 0 saturated heterocycles. The number of rotatable bonds is 4. The van der Waals surface area contributed by atoms with Crippen LogP contribution in [0.15, 0.2) is 33.6 Å². The number of ketones is 2. The van der Waals surface area contributed by atoms with E-state index in [1.54, 1.807) is 6.92 Å². The smallest absolute Gasteiger partial charge is 0.397 e. The number of fused-ring (bicyclic) bond motifs is 1. The number of aromatic amines is 1. The fourth-order valence-corrected chi connectivity index (χ4v) is 4.74. The molecule has 0 atom stereocenters. The van der Waals surface area contributed by atoms with Crippen LogP contribution in [-0.2, 0) is 7.05 Å². The van der Waals surface area contributed by atoms with Gasteiger partial charge in [0.15, 0.2) is 12.8 Å². The number of carbonyl (C=O) groups excluding carboxylic acids is 2. The number of hydrogen-bond donors (Lipinski definition) is 2. The highest BCUT2D eigenvalue weighted by atomic mass is 32.1. The number of nitrogen functional groups attached to an aromatic ring is 1. The molecule has 4 rings (SSSR count). The van der Waals surface area contributed by atoms with Crippen molar-refractivity contribution in [1.29, 1.82) is 0 Å². The molecule has 0 aliphatic rings. The second-order valence-corrected chi connectivity index (χ2v) is 8.11. The maximum atomic E-state index is 13.1. The summed E-state index contributed by atoms with van der Waals surface area (Å²) >= 11 is 1.09. The standard InChI is InChI=1S/C21H18N4O4S/c1-9-6-5-7-12(8-9)14-13(11(3)26)10(2)23-20-15(14)16(22)19(30-20)18(27)17-21(28)29-24-25(17)4/h5-8H,1-4H3,(H2-,22,24,27,28)/p+1. The fraction of sp³-hybridized carbons (Fsp3) is 0.190. The molecule has 0 radical (unpaired) electrons. The van der Waals surface area contributed by atoms with Gasteiger partial charge in [-0.3, -0.25) is 14.1 Å². The Balaban J connectivity index is 2.09. The second kappa shape index (κ2) is 7.03. The Morgan fingerprint density at radius 1 is 1.27 bits per heavy atom. The summed E-state index contributed by atoms with van der Waals surface area (Å²) in [6.45, 7) is 5.20. The van der Waals surface area contributed by atoms with E-state index in [1.807, 2.05) is 31.2 Å². The fourth-order valence-electron chi connectivity index (χ4n) is 3.65. The van der Waals surface area contributed by atoms with Gasteiger partial charge in [0, 0.05) is 16.5 Å². The van der Waals surface area contributed by atoms with Crippen LogP contribution >= 0.6 is 11.3 Å². The monoisotopic (exact) mass is 423 g/mol. The number of nitrogens with two attached hydrogens (primary N) is 1. The first-order valence-corrected chi connectivity index (χ1v) is 9.95. The third kappa shape index (κ3) is 2.94. The molecule has 0 unspecified atom stereocenters. The number of thiophene rings is 1. The quantitative estimate of drug-likeness (QED) is 0.384. The first-order chi connectivity index (χ1) is 14.2. The molecule has 4 aromatic rings. The molecule has 0 fully saturated rings. The van der Waals surface area contributed by atoms with Gasteiger partial charge in [-0.15, -0.1) is 11.3 Å². The minimum Gasteiger partial charge on any atom is -0.397 e. The average Bonchev–Trinajstić information content (AvgIpc) is 3.18. The van der Waals surface area contributed by atoms with Crippen LogP contribution < -0.4 is 16.0 Å². The Hall–Kier alpha value is -3.59. The van der Waals surface area contributed by atoms with Crippen molar-refractivity contribution in [2.24, 2.45) is 7.05 Å². The number of aromatic nitrogens is 3. The normalized spacial score (nSPS) is 11.2. The van der Waals surface area contributed by atoms with Gasteiger partial charge in [-0.2, -0.15) is 0 Å². The Morgan fingerprint density at radius 3 is 2.60 bits per heavy atom. The van der Waals surface area contributed by atoms with Crippen molar-refractivity contribution in [3.63, 3.8) is 0 Å². The topological polar surface area (TPSA) is 123 Å². The molecule has 30 heavy (non-hydrogen) atoms.